The van der Waals surface area contributed by atoms with E-state index in [9.17, 15) is 18.0 Å². The fourth-order valence-electron chi connectivity index (χ4n) is 4.18. The molecule has 1 aliphatic heterocycles. The highest BCUT2D eigenvalue weighted by Gasteiger charge is 2.33. The van der Waals surface area contributed by atoms with Gasteiger partial charge >= 0.3 is 0 Å². The SMILES string of the molecule is CC(=O)c1cccc(S(=O)(=O)N2CCC(C(=O)N[C@@H](c3ccc(C)cc3)c3cccs3)CC2)c1. The summed E-state index contributed by atoms with van der Waals surface area (Å²) in [5, 5.41) is 5.19. The second-order valence-corrected chi connectivity index (χ2v) is 11.5. The van der Waals surface area contributed by atoms with E-state index in [0.717, 1.165) is 16.0 Å². The van der Waals surface area contributed by atoms with E-state index < -0.39 is 10.0 Å². The van der Waals surface area contributed by atoms with E-state index in [1.54, 1.807) is 23.5 Å². The molecule has 3 aromatic rings. The van der Waals surface area contributed by atoms with Gasteiger partial charge in [-0.1, -0.05) is 48.0 Å². The lowest BCUT2D eigenvalue weighted by Gasteiger charge is -2.31. The Hall–Kier alpha value is -2.81. The molecule has 2 heterocycles. The lowest BCUT2D eigenvalue weighted by molar-refractivity contribution is -0.126. The number of ketones is 1. The first kappa shape index (κ1) is 24.3. The lowest BCUT2D eigenvalue weighted by atomic mass is 9.95. The minimum atomic E-state index is -3.72. The maximum absolute atomic E-state index is 13.2. The number of nitrogens with zero attached hydrogens (tertiary/aromatic N) is 1. The van der Waals surface area contributed by atoms with E-state index in [2.05, 4.69) is 5.32 Å². The first-order chi connectivity index (χ1) is 16.3. The van der Waals surface area contributed by atoms with Gasteiger partial charge in [-0.25, -0.2) is 8.42 Å². The van der Waals surface area contributed by atoms with Crippen LogP contribution in [0.2, 0.25) is 0 Å². The van der Waals surface area contributed by atoms with Gasteiger partial charge in [0, 0.05) is 29.4 Å². The molecule has 1 fully saturated rings. The van der Waals surface area contributed by atoms with Crippen LogP contribution in [0.1, 0.15) is 52.2 Å². The highest BCUT2D eigenvalue weighted by Crippen LogP contribution is 2.29. The van der Waals surface area contributed by atoms with Gasteiger partial charge in [-0.15, -0.1) is 11.3 Å². The molecular weight excluding hydrogens is 468 g/mol. The summed E-state index contributed by atoms with van der Waals surface area (Å²) in [6, 6.07) is 18.0. The second kappa shape index (κ2) is 10.2. The Kier molecular flexibility index (Phi) is 7.30. The average Bonchev–Trinajstić information content (AvgIpc) is 3.38. The first-order valence-electron chi connectivity index (χ1n) is 11.3. The molecule has 6 nitrogen and oxygen atoms in total. The number of piperidine rings is 1. The minimum Gasteiger partial charge on any atom is -0.344 e. The van der Waals surface area contributed by atoms with Crippen molar-refractivity contribution in [3.05, 3.63) is 87.6 Å². The lowest BCUT2D eigenvalue weighted by Crippen LogP contribution is -2.43. The molecule has 0 aliphatic carbocycles. The average molecular weight is 497 g/mol. The Bertz CT molecular complexity index is 1260. The molecule has 0 unspecified atom stereocenters. The van der Waals surface area contributed by atoms with Crippen LogP contribution in [0.15, 0.2) is 70.9 Å². The molecule has 0 spiro atoms. The maximum atomic E-state index is 13.2. The summed E-state index contributed by atoms with van der Waals surface area (Å²) in [5.41, 5.74) is 2.54. The van der Waals surface area contributed by atoms with Crippen LogP contribution < -0.4 is 5.32 Å². The Morgan fingerprint density at radius 1 is 1.03 bits per heavy atom. The number of nitrogens with one attached hydrogen (secondary N) is 1. The number of benzene rings is 2. The molecule has 178 valence electrons. The highest BCUT2D eigenvalue weighted by atomic mass is 32.2. The smallest absolute Gasteiger partial charge is 0.243 e. The van der Waals surface area contributed by atoms with Gasteiger partial charge in [0.05, 0.1) is 10.9 Å². The topological polar surface area (TPSA) is 83.6 Å². The molecule has 34 heavy (non-hydrogen) atoms. The van der Waals surface area contributed by atoms with Crippen LogP contribution in [0, 0.1) is 12.8 Å². The van der Waals surface area contributed by atoms with Gasteiger partial charge < -0.3 is 5.32 Å². The molecule has 4 rings (SSSR count). The fourth-order valence-corrected chi connectivity index (χ4v) is 6.49. The van der Waals surface area contributed by atoms with Gasteiger partial charge in [0.2, 0.25) is 15.9 Å². The fraction of sp³-hybridized carbons (Fsp3) is 0.308. The molecule has 1 aromatic heterocycles. The molecule has 0 saturated carbocycles. The summed E-state index contributed by atoms with van der Waals surface area (Å²) in [5.74, 6) is -0.501. The van der Waals surface area contributed by atoms with Gasteiger partial charge in [-0.3, -0.25) is 9.59 Å². The van der Waals surface area contributed by atoms with Crippen LogP contribution in [0.25, 0.3) is 0 Å². The molecule has 0 radical (unpaired) electrons. The van der Waals surface area contributed by atoms with Crippen molar-refractivity contribution in [1.29, 1.82) is 0 Å². The third-order valence-corrected chi connectivity index (χ3v) is 9.06. The number of carbonyl (C=O) groups excluding carboxylic acids is 2. The standard InChI is InChI=1S/C26H28N2O4S2/c1-18-8-10-20(11-9-18)25(24-7-4-16-33-24)27-26(30)21-12-14-28(15-13-21)34(31,32)23-6-3-5-22(17-23)19(2)29/h3-11,16-17,21,25H,12-15H2,1-2H3,(H,27,30)/t25-/m0/s1. The Balaban J connectivity index is 1.44. The zero-order chi connectivity index (χ0) is 24.3. The van der Waals surface area contributed by atoms with Crippen LogP contribution in [-0.2, 0) is 14.8 Å². The van der Waals surface area contributed by atoms with Crippen molar-refractivity contribution in [2.75, 3.05) is 13.1 Å². The van der Waals surface area contributed by atoms with Crippen molar-refractivity contribution >= 4 is 33.1 Å². The molecule has 1 aliphatic rings. The third kappa shape index (κ3) is 5.29. The quantitative estimate of drug-likeness (QED) is 0.486. The summed E-state index contributed by atoms with van der Waals surface area (Å²) in [4.78, 5) is 26.0. The molecule has 8 heteroatoms. The number of hydrogen-bond donors (Lipinski definition) is 1. The molecular formula is C26H28N2O4S2. The van der Waals surface area contributed by atoms with Crippen molar-refractivity contribution in [1.82, 2.24) is 9.62 Å². The van der Waals surface area contributed by atoms with Gasteiger partial charge in [-0.2, -0.15) is 4.31 Å². The molecule has 1 N–H and O–H groups in total. The summed E-state index contributed by atoms with van der Waals surface area (Å²) in [6.07, 6.45) is 0.894. The number of thiophene rings is 1. The van der Waals surface area contributed by atoms with Crippen LogP contribution >= 0.6 is 11.3 Å². The number of aryl methyl sites for hydroxylation is 1. The maximum Gasteiger partial charge on any atom is 0.243 e. The molecule has 1 saturated heterocycles. The van der Waals surface area contributed by atoms with Crippen molar-refractivity contribution in [3.63, 3.8) is 0 Å². The number of carbonyl (C=O) groups is 2. The number of hydrogen-bond acceptors (Lipinski definition) is 5. The largest absolute Gasteiger partial charge is 0.344 e. The van der Waals surface area contributed by atoms with Crippen LogP contribution in [0.3, 0.4) is 0 Å². The number of Topliss-reactive ketones (excluding diaryl/α,β-unsaturated/α-hetero) is 1. The van der Waals surface area contributed by atoms with Crippen molar-refractivity contribution in [2.45, 2.75) is 37.6 Å². The summed E-state index contributed by atoms with van der Waals surface area (Å²) in [6.45, 7) is 3.97. The van der Waals surface area contributed by atoms with E-state index in [1.165, 1.54) is 23.4 Å². The zero-order valence-electron chi connectivity index (χ0n) is 19.2. The van der Waals surface area contributed by atoms with E-state index in [-0.39, 0.29) is 41.6 Å². The minimum absolute atomic E-state index is 0.0606. The van der Waals surface area contributed by atoms with Crippen molar-refractivity contribution < 1.29 is 18.0 Å². The Morgan fingerprint density at radius 3 is 2.35 bits per heavy atom. The number of rotatable bonds is 7. The molecule has 1 amide bonds. The van der Waals surface area contributed by atoms with Gasteiger partial charge in [-0.05, 0) is 55.8 Å². The van der Waals surface area contributed by atoms with Crippen molar-refractivity contribution in [2.24, 2.45) is 5.92 Å². The normalized spacial score (nSPS) is 16.2. The van der Waals surface area contributed by atoms with E-state index >= 15 is 0 Å². The molecule has 2 aromatic carbocycles. The Labute approximate surface area is 204 Å². The van der Waals surface area contributed by atoms with E-state index in [1.807, 2.05) is 48.7 Å². The van der Waals surface area contributed by atoms with Gasteiger partial charge in [0.15, 0.2) is 5.78 Å². The second-order valence-electron chi connectivity index (χ2n) is 8.63. The van der Waals surface area contributed by atoms with Crippen LogP contribution in [0.5, 0.6) is 0 Å². The summed E-state index contributed by atoms with van der Waals surface area (Å²) < 4.78 is 27.6. The summed E-state index contributed by atoms with van der Waals surface area (Å²) in [7, 11) is -3.72. The summed E-state index contributed by atoms with van der Waals surface area (Å²) >= 11 is 1.60. The molecule has 0 bridgehead atoms. The highest BCUT2D eigenvalue weighted by molar-refractivity contribution is 7.89. The predicted molar refractivity (Wildman–Crippen MR) is 133 cm³/mol. The predicted octanol–water partition coefficient (Wildman–Crippen LogP) is 4.57. The number of sulfonamides is 1. The van der Waals surface area contributed by atoms with E-state index in [4.69, 9.17) is 0 Å². The first-order valence-corrected chi connectivity index (χ1v) is 13.6. The van der Waals surface area contributed by atoms with Crippen LogP contribution in [-0.4, -0.2) is 37.5 Å². The monoisotopic (exact) mass is 496 g/mol. The Morgan fingerprint density at radius 2 is 1.74 bits per heavy atom. The van der Waals surface area contributed by atoms with Gasteiger partial charge in [0.1, 0.15) is 0 Å². The number of amides is 1. The van der Waals surface area contributed by atoms with E-state index in [0.29, 0.717) is 18.4 Å². The zero-order valence-corrected chi connectivity index (χ0v) is 20.9. The van der Waals surface area contributed by atoms with Crippen LogP contribution in [0.4, 0.5) is 0 Å². The third-order valence-electron chi connectivity index (χ3n) is 6.23. The van der Waals surface area contributed by atoms with Gasteiger partial charge in [0.25, 0.3) is 0 Å². The van der Waals surface area contributed by atoms with Crippen molar-refractivity contribution in [3.8, 4) is 0 Å². The molecule has 1 atom stereocenters.